The number of para-hydroxylation sites is 1. The second-order valence-electron chi connectivity index (χ2n) is 9.19. The van der Waals surface area contributed by atoms with Gasteiger partial charge in [-0.05, 0) is 18.6 Å². The summed E-state index contributed by atoms with van der Waals surface area (Å²) in [6.07, 6.45) is -4.12. The number of aromatic amines is 1. The summed E-state index contributed by atoms with van der Waals surface area (Å²) in [5.74, 6) is -2.57. The molecule has 5 rings (SSSR count). The number of ether oxygens (including phenoxy) is 3. The van der Waals surface area contributed by atoms with Gasteiger partial charge in [-0.2, -0.15) is 0 Å². The largest absolute Gasteiger partial charge is 0.478 e. The van der Waals surface area contributed by atoms with Crippen LogP contribution in [0.2, 0.25) is 0 Å². The summed E-state index contributed by atoms with van der Waals surface area (Å²) in [6.45, 7) is 3.23. The Balaban J connectivity index is 1.46. The van der Waals surface area contributed by atoms with Crippen LogP contribution in [-0.2, 0) is 25.4 Å². The van der Waals surface area contributed by atoms with Gasteiger partial charge in [-0.25, -0.2) is 4.79 Å². The van der Waals surface area contributed by atoms with Crippen molar-refractivity contribution in [2.45, 2.75) is 43.4 Å². The van der Waals surface area contributed by atoms with Crippen molar-refractivity contribution in [3.8, 4) is 0 Å². The standard InChI is InChI=1S/C26H28N2O9/c1-2-12-15(9-18-20-14(7-8-27-18)13-5-3-4-6-17(13)28-20)16(24(33)34)11-35-25(12)37-26-23(32)22(31)21(30)19(10-29)36-26/h2-8,11-12,15,19,21-23,25-26,28-32H,1,9-10H2,(H,33,34)/t12-,15-,19-,21-,22+,23-,25+,26+/m1/s1. The van der Waals surface area contributed by atoms with Crippen molar-refractivity contribution >= 4 is 27.8 Å². The first-order chi connectivity index (χ1) is 17.8. The van der Waals surface area contributed by atoms with Crippen LogP contribution in [0.3, 0.4) is 0 Å². The predicted octanol–water partition coefficient (Wildman–Crippen LogP) is 0.818. The molecule has 8 atom stereocenters. The number of hydrogen-bond donors (Lipinski definition) is 6. The lowest BCUT2D eigenvalue weighted by molar-refractivity contribution is -0.339. The van der Waals surface area contributed by atoms with E-state index < -0.39 is 61.4 Å². The number of aromatic nitrogens is 2. The van der Waals surface area contributed by atoms with E-state index in [1.807, 2.05) is 30.3 Å². The Morgan fingerprint density at radius 3 is 2.62 bits per heavy atom. The van der Waals surface area contributed by atoms with E-state index in [0.29, 0.717) is 5.69 Å². The molecule has 0 radical (unpaired) electrons. The number of hydrogen-bond acceptors (Lipinski definition) is 9. The molecule has 0 saturated carbocycles. The van der Waals surface area contributed by atoms with Crippen LogP contribution in [0, 0.1) is 11.8 Å². The van der Waals surface area contributed by atoms with E-state index in [9.17, 15) is 30.3 Å². The van der Waals surface area contributed by atoms with Gasteiger partial charge in [0.2, 0.25) is 6.29 Å². The van der Waals surface area contributed by atoms with Gasteiger partial charge >= 0.3 is 5.97 Å². The van der Waals surface area contributed by atoms with Gasteiger partial charge in [-0.1, -0.05) is 24.3 Å². The summed E-state index contributed by atoms with van der Waals surface area (Å²) < 4.78 is 16.8. The molecule has 0 amide bonds. The number of carboxylic acids is 1. The van der Waals surface area contributed by atoms with Crippen molar-refractivity contribution in [1.82, 2.24) is 9.97 Å². The Labute approximate surface area is 211 Å². The lowest BCUT2D eigenvalue weighted by Crippen LogP contribution is -2.60. The summed E-state index contributed by atoms with van der Waals surface area (Å²) in [7, 11) is 0. The lowest BCUT2D eigenvalue weighted by atomic mass is 9.80. The zero-order chi connectivity index (χ0) is 26.3. The summed E-state index contributed by atoms with van der Waals surface area (Å²) in [6, 6.07) is 9.70. The van der Waals surface area contributed by atoms with Crippen molar-refractivity contribution < 1.29 is 44.5 Å². The molecule has 0 unspecified atom stereocenters. The van der Waals surface area contributed by atoms with Crippen LogP contribution in [0.25, 0.3) is 21.8 Å². The number of carbonyl (C=O) groups is 1. The van der Waals surface area contributed by atoms with E-state index in [1.54, 1.807) is 6.20 Å². The summed E-state index contributed by atoms with van der Waals surface area (Å²) in [5.41, 5.74) is 2.35. The average molecular weight is 513 g/mol. The maximum Gasteiger partial charge on any atom is 0.335 e. The average Bonchev–Trinajstić information content (AvgIpc) is 3.28. The second kappa shape index (κ2) is 10.2. The fraction of sp³-hybridized carbons (Fsp3) is 0.385. The smallest absolute Gasteiger partial charge is 0.335 e. The fourth-order valence-electron chi connectivity index (χ4n) is 5.07. The highest BCUT2D eigenvalue weighted by molar-refractivity contribution is 6.07. The number of aliphatic carboxylic acids is 1. The number of carboxylic acid groups (broad SMARTS) is 1. The highest BCUT2D eigenvalue weighted by atomic mass is 16.8. The van der Waals surface area contributed by atoms with Crippen LogP contribution in [0.15, 0.2) is 61.0 Å². The van der Waals surface area contributed by atoms with Crippen molar-refractivity contribution in [3.05, 3.63) is 66.7 Å². The van der Waals surface area contributed by atoms with Crippen LogP contribution in [-0.4, -0.2) is 85.1 Å². The normalized spacial score (nSPS) is 32.2. The molecule has 11 nitrogen and oxygen atoms in total. The molecule has 3 aromatic rings. The van der Waals surface area contributed by atoms with E-state index in [-0.39, 0.29) is 12.0 Å². The van der Waals surface area contributed by atoms with Crippen molar-refractivity contribution in [2.24, 2.45) is 11.8 Å². The Morgan fingerprint density at radius 1 is 1.11 bits per heavy atom. The first-order valence-corrected chi connectivity index (χ1v) is 11.9. The zero-order valence-electron chi connectivity index (χ0n) is 19.7. The third-order valence-electron chi connectivity index (χ3n) is 7.06. The van der Waals surface area contributed by atoms with Gasteiger partial charge in [0.1, 0.15) is 24.4 Å². The van der Waals surface area contributed by atoms with Gasteiger partial charge in [0.25, 0.3) is 0 Å². The molecule has 0 spiro atoms. The third kappa shape index (κ3) is 4.50. The number of nitrogens with zero attached hydrogens (tertiary/aromatic N) is 1. The van der Waals surface area contributed by atoms with E-state index in [1.165, 1.54) is 6.08 Å². The highest BCUT2D eigenvalue weighted by Gasteiger charge is 2.47. The number of rotatable bonds is 7. The second-order valence-corrected chi connectivity index (χ2v) is 9.19. The number of nitrogens with one attached hydrogen (secondary N) is 1. The van der Waals surface area contributed by atoms with Crippen molar-refractivity contribution in [1.29, 1.82) is 0 Å². The molecule has 0 bridgehead atoms. The molecule has 37 heavy (non-hydrogen) atoms. The molecule has 1 saturated heterocycles. The van der Waals surface area contributed by atoms with Gasteiger partial charge in [0.05, 0.1) is 29.7 Å². The summed E-state index contributed by atoms with van der Waals surface area (Å²) in [4.78, 5) is 20.0. The third-order valence-corrected chi connectivity index (χ3v) is 7.06. The minimum absolute atomic E-state index is 0.00605. The Bertz CT molecular complexity index is 1340. The van der Waals surface area contributed by atoms with Crippen molar-refractivity contribution in [2.75, 3.05) is 6.61 Å². The van der Waals surface area contributed by atoms with Crippen LogP contribution >= 0.6 is 0 Å². The molecular weight excluding hydrogens is 484 g/mol. The van der Waals surface area contributed by atoms with Crippen LogP contribution < -0.4 is 0 Å². The van der Waals surface area contributed by atoms with E-state index in [4.69, 9.17) is 14.2 Å². The summed E-state index contributed by atoms with van der Waals surface area (Å²) in [5, 5.41) is 51.9. The molecule has 0 aliphatic carbocycles. The van der Waals surface area contributed by atoms with Crippen LogP contribution in [0.4, 0.5) is 0 Å². The van der Waals surface area contributed by atoms with Gasteiger partial charge in [0.15, 0.2) is 6.29 Å². The van der Waals surface area contributed by atoms with Gasteiger partial charge in [-0.3, -0.25) is 4.98 Å². The molecular formula is C26H28N2O9. The molecule has 196 valence electrons. The fourth-order valence-corrected chi connectivity index (χ4v) is 5.07. The number of pyridine rings is 1. The molecule has 2 aliphatic heterocycles. The molecule has 2 aromatic heterocycles. The topological polar surface area (TPSA) is 175 Å². The van der Waals surface area contributed by atoms with Crippen LogP contribution in [0.1, 0.15) is 5.69 Å². The molecule has 4 heterocycles. The molecule has 2 aliphatic rings. The number of H-pyrrole nitrogens is 1. The SMILES string of the molecule is C=C[C@H]1[C@H](O[C@@H]2O[C@H](CO)[C@@H](O)[C@H](O)[C@H]2O)OC=C(C(=O)O)[C@@H]1Cc1nccc2c1[nH]c1ccccc12. The maximum absolute atomic E-state index is 12.1. The quantitative estimate of drug-likeness (QED) is 0.249. The first kappa shape index (κ1) is 25.3. The highest BCUT2D eigenvalue weighted by Crippen LogP contribution is 2.38. The van der Waals surface area contributed by atoms with Crippen molar-refractivity contribution in [3.63, 3.8) is 0 Å². The monoisotopic (exact) mass is 512 g/mol. The number of aliphatic hydroxyl groups is 4. The minimum Gasteiger partial charge on any atom is -0.478 e. The zero-order valence-corrected chi connectivity index (χ0v) is 19.7. The Kier molecular flexibility index (Phi) is 6.99. The molecule has 6 N–H and O–H groups in total. The number of fused-ring (bicyclic) bond motifs is 3. The predicted molar refractivity (Wildman–Crippen MR) is 130 cm³/mol. The summed E-state index contributed by atoms with van der Waals surface area (Å²) >= 11 is 0. The van der Waals surface area contributed by atoms with Gasteiger partial charge in [-0.15, -0.1) is 6.58 Å². The Hall–Kier alpha value is -3.32. The molecule has 11 heteroatoms. The van der Waals surface area contributed by atoms with Gasteiger partial charge < -0.3 is 44.7 Å². The van der Waals surface area contributed by atoms with E-state index in [2.05, 4.69) is 16.5 Å². The molecule has 1 fully saturated rings. The van der Waals surface area contributed by atoms with E-state index >= 15 is 0 Å². The Morgan fingerprint density at radius 2 is 1.89 bits per heavy atom. The number of benzene rings is 1. The van der Waals surface area contributed by atoms with Gasteiger partial charge in [0, 0.05) is 34.3 Å². The maximum atomic E-state index is 12.1. The van der Waals surface area contributed by atoms with Crippen LogP contribution in [0.5, 0.6) is 0 Å². The minimum atomic E-state index is -1.64. The first-order valence-electron chi connectivity index (χ1n) is 11.9. The molecule has 1 aromatic carbocycles. The van der Waals surface area contributed by atoms with E-state index in [0.717, 1.165) is 28.1 Å². The lowest BCUT2D eigenvalue weighted by Gasteiger charge is -2.43. The number of aliphatic hydroxyl groups excluding tert-OH is 4.